The van der Waals surface area contributed by atoms with Crippen molar-refractivity contribution in [3.8, 4) is 0 Å². The molecule has 4 nitrogen and oxygen atoms in total. The second kappa shape index (κ2) is 6.71. The van der Waals surface area contributed by atoms with Crippen molar-refractivity contribution in [1.29, 1.82) is 0 Å². The Hall–Kier alpha value is -0.940. The summed E-state index contributed by atoms with van der Waals surface area (Å²) in [5, 5.41) is 8.82. The topological polar surface area (TPSA) is 54.0 Å². The van der Waals surface area contributed by atoms with Gasteiger partial charge in [-0.1, -0.05) is 20.8 Å². The van der Waals surface area contributed by atoms with Gasteiger partial charge < -0.3 is 10.6 Å². The Bertz CT molecular complexity index is 364. The van der Waals surface area contributed by atoms with Crippen LogP contribution in [0.5, 0.6) is 0 Å². The highest BCUT2D eigenvalue weighted by Gasteiger charge is 2.14. The van der Waals surface area contributed by atoms with Crippen LogP contribution in [0.1, 0.15) is 45.9 Å². The summed E-state index contributed by atoms with van der Waals surface area (Å²) in [6, 6.07) is 0.227. The number of rotatable bonds is 6. The van der Waals surface area contributed by atoms with Gasteiger partial charge in [-0.15, -0.1) is 11.3 Å². The molecule has 2 N–H and O–H groups in total. The van der Waals surface area contributed by atoms with Gasteiger partial charge in [-0.25, -0.2) is 4.98 Å². The van der Waals surface area contributed by atoms with Crippen LogP contribution in [0.2, 0.25) is 0 Å². The lowest BCUT2D eigenvalue weighted by atomic mass is 10.1. The lowest BCUT2D eigenvalue weighted by Crippen LogP contribution is -2.20. The summed E-state index contributed by atoms with van der Waals surface area (Å²) in [7, 11) is 0. The highest BCUT2D eigenvalue weighted by atomic mass is 32.1. The Labute approximate surface area is 107 Å². The van der Waals surface area contributed by atoms with Gasteiger partial charge in [-0.3, -0.25) is 4.79 Å². The zero-order chi connectivity index (χ0) is 12.8. The maximum absolute atomic E-state index is 11.7. The van der Waals surface area contributed by atoms with Crippen molar-refractivity contribution in [3.05, 3.63) is 11.1 Å². The third-order valence-corrected chi connectivity index (χ3v) is 3.54. The van der Waals surface area contributed by atoms with E-state index in [1.807, 2.05) is 19.2 Å². The number of nitrogens with one attached hydrogen (secondary N) is 2. The minimum absolute atomic E-state index is 0.0357. The number of aromatic nitrogens is 1. The molecule has 0 aliphatic carbocycles. The lowest BCUT2D eigenvalue weighted by Gasteiger charge is -2.09. The molecule has 0 fully saturated rings. The maximum atomic E-state index is 11.7. The largest absolute Gasteiger partial charge is 0.309 e. The van der Waals surface area contributed by atoms with Gasteiger partial charge in [0, 0.05) is 17.3 Å². The van der Waals surface area contributed by atoms with Crippen LogP contribution in [-0.4, -0.2) is 17.4 Å². The van der Waals surface area contributed by atoms with E-state index in [1.165, 1.54) is 11.3 Å². The zero-order valence-corrected chi connectivity index (χ0v) is 11.7. The van der Waals surface area contributed by atoms with Crippen molar-refractivity contribution in [1.82, 2.24) is 10.3 Å². The van der Waals surface area contributed by atoms with E-state index in [1.54, 1.807) is 0 Å². The molecule has 1 heterocycles. The van der Waals surface area contributed by atoms with Crippen LogP contribution in [0.25, 0.3) is 0 Å². The molecule has 0 aliphatic rings. The van der Waals surface area contributed by atoms with E-state index in [-0.39, 0.29) is 17.9 Å². The molecule has 0 radical (unpaired) electrons. The Morgan fingerprint density at radius 2 is 2.18 bits per heavy atom. The second-order valence-corrected chi connectivity index (χ2v) is 5.01. The number of nitrogens with zero attached hydrogens (tertiary/aromatic N) is 1. The Morgan fingerprint density at radius 1 is 1.47 bits per heavy atom. The fourth-order valence-corrected chi connectivity index (χ4v) is 2.17. The molecule has 2 unspecified atom stereocenters. The van der Waals surface area contributed by atoms with Crippen LogP contribution >= 0.6 is 11.3 Å². The van der Waals surface area contributed by atoms with E-state index in [0.29, 0.717) is 5.13 Å². The van der Waals surface area contributed by atoms with Crippen molar-refractivity contribution in [2.75, 3.05) is 11.9 Å². The maximum Gasteiger partial charge on any atom is 0.228 e. The average Bonchev–Trinajstić information content (AvgIpc) is 2.76. The SMILES string of the molecule is CCNC(C)c1csc(NC(=O)C(C)CC)n1. The van der Waals surface area contributed by atoms with Crippen LogP contribution in [-0.2, 0) is 4.79 Å². The number of thiazole rings is 1. The van der Waals surface area contributed by atoms with Gasteiger partial charge in [-0.05, 0) is 19.9 Å². The summed E-state index contributed by atoms with van der Waals surface area (Å²) in [6.07, 6.45) is 0.845. The molecule has 1 aromatic rings. The van der Waals surface area contributed by atoms with Gasteiger partial charge in [-0.2, -0.15) is 0 Å². The van der Waals surface area contributed by atoms with Crippen molar-refractivity contribution >= 4 is 22.4 Å². The van der Waals surface area contributed by atoms with Gasteiger partial charge in [0.05, 0.1) is 5.69 Å². The number of anilines is 1. The molecule has 1 rings (SSSR count). The monoisotopic (exact) mass is 255 g/mol. The van der Waals surface area contributed by atoms with E-state index >= 15 is 0 Å². The van der Waals surface area contributed by atoms with Crippen molar-refractivity contribution < 1.29 is 4.79 Å². The number of carbonyl (C=O) groups is 1. The summed E-state index contributed by atoms with van der Waals surface area (Å²) in [4.78, 5) is 16.1. The third kappa shape index (κ3) is 4.09. The van der Waals surface area contributed by atoms with E-state index < -0.39 is 0 Å². The second-order valence-electron chi connectivity index (χ2n) is 4.16. The molecule has 0 spiro atoms. The van der Waals surface area contributed by atoms with Gasteiger partial charge in [0.1, 0.15) is 0 Å². The first-order valence-electron chi connectivity index (χ1n) is 6.08. The summed E-state index contributed by atoms with van der Waals surface area (Å²) >= 11 is 1.48. The van der Waals surface area contributed by atoms with E-state index in [9.17, 15) is 4.79 Å². The highest BCUT2D eigenvalue weighted by molar-refractivity contribution is 7.13. The number of amides is 1. The predicted molar refractivity (Wildman–Crippen MR) is 72.3 cm³/mol. The van der Waals surface area contributed by atoms with E-state index in [0.717, 1.165) is 18.7 Å². The molecule has 0 saturated heterocycles. The first-order chi connectivity index (χ1) is 8.08. The predicted octanol–water partition coefficient (Wildman–Crippen LogP) is 2.80. The molecule has 2 atom stereocenters. The van der Waals surface area contributed by atoms with Crippen molar-refractivity contribution in [2.24, 2.45) is 5.92 Å². The van der Waals surface area contributed by atoms with Crippen LogP contribution in [0.4, 0.5) is 5.13 Å². The van der Waals surface area contributed by atoms with Crippen LogP contribution in [0, 0.1) is 5.92 Å². The normalized spacial score (nSPS) is 14.4. The summed E-state index contributed by atoms with van der Waals surface area (Å²) < 4.78 is 0. The summed E-state index contributed by atoms with van der Waals surface area (Å²) in [5.74, 6) is 0.0815. The van der Waals surface area contributed by atoms with E-state index in [4.69, 9.17) is 0 Å². The van der Waals surface area contributed by atoms with Crippen LogP contribution < -0.4 is 10.6 Å². The molecule has 0 aliphatic heterocycles. The van der Waals surface area contributed by atoms with E-state index in [2.05, 4.69) is 29.5 Å². The average molecular weight is 255 g/mol. The van der Waals surface area contributed by atoms with Crippen molar-refractivity contribution in [2.45, 2.75) is 40.2 Å². The molecule has 1 aromatic heterocycles. The highest BCUT2D eigenvalue weighted by Crippen LogP contribution is 2.21. The molecule has 0 bridgehead atoms. The molecular formula is C12H21N3OS. The summed E-state index contributed by atoms with van der Waals surface area (Å²) in [6.45, 7) is 8.97. The molecule has 96 valence electrons. The minimum Gasteiger partial charge on any atom is -0.309 e. The standard InChI is InChI=1S/C12H21N3OS/c1-5-8(3)11(16)15-12-14-10(7-17-12)9(4)13-6-2/h7-9,13H,5-6H2,1-4H3,(H,14,15,16). The molecule has 5 heteroatoms. The van der Waals surface area contributed by atoms with Gasteiger partial charge in [0.25, 0.3) is 0 Å². The fraction of sp³-hybridized carbons (Fsp3) is 0.667. The Kier molecular flexibility index (Phi) is 5.58. The number of hydrogen-bond donors (Lipinski definition) is 2. The van der Waals surface area contributed by atoms with Gasteiger partial charge in [0.15, 0.2) is 5.13 Å². The summed E-state index contributed by atoms with van der Waals surface area (Å²) in [5.41, 5.74) is 0.983. The van der Waals surface area contributed by atoms with Gasteiger partial charge in [0.2, 0.25) is 5.91 Å². The molecule has 0 saturated carbocycles. The molecule has 1 amide bonds. The van der Waals surface area contributed by atoms with Gasteiger partial charge >= 0.3 is 0 Å². The quantitative estimate of drug-likeness (QED) is 0.822. The Morgan fingerprint density at radius 3 is 2.76 bits per heavy atom. The number of carbonyl (C=O) groups excluding carboxylic acids is 1. The lowest BCUT2D eigenvalue weighted by molar-refractivity contribution is -0.119. The molecule has 0 aromatic carbocycles. The minimum atomic E-state index is 0.0357. The third-order valence-electron chi connectivity index (χ3n) is 2.77. The number of hydrogen-bond acceptors (Lipinski definition) is 4. The fourth-order valence-electron chi connectivity index (χ4n) is 1.37. The first-order valence-corrected chi connectivity index (χ1v) is 6.96. The smallest absolute Gasteiger partial charge is 0.228 e. The zero-order valence-electron chi connectivity index (χ0n) is 10.9. The first kappa shape index (κ1) is 14.1. The van der Waals surface area contributed by atoms with Crippen LogP contribution in [0.15, 0.2) is 5.38 Å². The Balaban J connectivity index is 2.59. The molecule has 17 heavy (non-hydrogen) atoms. The van der Waals surface area contributed by atoms with Crippen LogP contribution in [0.3, 0.4) is 0 Å². The molecular weight excluding hydrogens is 234 g/mol. The van der Waals surface area contributed by atoms with Crippen molar-refractivity contribution in [3.63, 3.8) is 0 Å².